The Labute approximate surface area is 197 Å². The zero-order valence-corrected chi connectivity index (χ0v) is 18.5. The SMILES string of the molecule is O=C(NCc1cccc(F)c1)c1cccc(CN2C(=O)[C@H]3CCCN3C(=O)c3ccccc32)c1. The van der Waals surface area contributed by atoms with Crippen LogP contribution < -0.4 is 10.2 Å². The Morgan fingerprint density at radius 2 is 1.76 bits per heavy atom. The summed E-state index contributed by atoms with van der Waals surface area (Å²) < 4.78 is 13.4. The van der Waals surface area contributed by atoms with Gasteiger partial charge in [-0.1, -0.05) is 36.4 Å². The van der Waals surface area contributed by atoms with Gasteiger partial charge >= 0.3 is 0 Å². The molecule has 0 unspecified atom stereocenters. The largest absolute Gasteiger partial charge is 0.348 e. The molecule has 7 heteroatoms. The molecule has 3 aromatic carbocycles. The van der Waals surface area contributed by atoms with Gasteiger partial charge in [-0.3, -0.25) is 14.4 Å². The molecule has 34 heavy (non-hydrogen) atoms. The third-order valence-electron chi connectivity index (χ3n) is 6.36. The molecular formula is C27H24FN3O3. The lowest BCUT2D eigenvalue weighted by Gasteiger charge is -2.26. The molecule has 1 atom stereocenters. The molecule has 5 rings (SSSR count). The predicted molar refractivity (Wildman–Crippen MR) is 126 cm³/mol. The highest BCUT2D eigenvalue weighted by Gasteiger charge is 2.41. The number of hydrogen-bond donors (Lipinski definition) is 1. The molecular weight excluding hydrogens is 433 g/mol. The number of rotatable bonds is 5. The molecule has 0 spiro atoms. The van der Waals surface area contributed by atoms with Gasteiger partial charge in [0.05, 0.1) is 17.8 Å². The van der Waals surface area contributed by atoms with Crippen LogP contribution in [0.2, 0.25) is 0 Å². The van der Waals surface area contributed by atoms with E-state index in [0.29, 0.717) is 35.3 Å². The minimum atomic E-state index is -0.461. The van der Waals surface area contributed by atoms with Crippen LogP contribution in [0.3, 0.4) is 0 Å². The van der Waals surface area contributed by atoms with E-state index < -0.39 is 6.04 Å². The Hall–Kier alpha value is -4.00. The minimum absolute atomic E-state index is 0.100. The molecule has 0 radical (unpaired) electrons. The highest BCUT2D eigenvalue weighted by molar-refractivity contribution is 6.11. The van der Waals surface area contributed by atoms with E-state index in [0.717, 1.165) is 12.0 Å². The van der Waals surface area contributed by atoms with Crippen LogP contribution in [0.1, 0.15) is 44.7 Å². The van der Waals surface area contributed by atoms with E-state index in [1.807, 2.05) is 12.1 Å². The van der Waals surface area contributed by atoms with Crippen molar-refractivity contribution in [2.24, 2.45) is 0 Å². The number of halogens is 1. The van der Waals surface area contributed by atoms with E-state index in [2.05, 4.69) is 5.32 Å². The normalized spacial score (nSPS) is 17.3. The second-order valence-electron chi connectivity index (χ2n) is 8.61. The highest BCUT2D eigenvalue weighted by atomic mass is 19.1. The van der Waals surface area contributed by atoms with Crippen molar-refractivity contribution < 1.29 is 18.8 Å². The summed E-state index contributed by atoms with van der Waals surface area (Å²) >= 11 is 0. The average molecular weight is 458 g/mol. The summed E-state index contributed by atoms with van der Waals surface area (Å²) in [5, 5.41) is 2.81. The van der Waals surface area contributed by atoms with Gasteiger partial charge < -0.3 is 15.1 Å². The van der Waals surface area contributed by atoms with E-state index in [4.69, 9.17) is 0 Å². The van der Waals surface area contributed by atoms with Crippen molar-refractivity contribution in [3.05, 3.63) is 101 Å². The Bertz CT molecular complexity index is 1280. The number of carbonyl (C=O) groups excluding carboxylic acids is 3. The number of anilines is 1. The molecule has 3 amide bonds. The molecule has 1 saturated heterocycles. The van der Waals surface area contributed by atoms with Crippen molar-refractivity contribution >= 4 is 23.4 Å². The number of nitrogens with zero attached hydrogens (tertiary/aromatic N) is 2. The van der Waals surface area contributed by atoms with Gasteiger partial charge in [-0.25, -0.2) is 4.39 Å². The van der Waals surface area contributed by atoms with Gasteiger partial charge in [0.15, 0.2) is 0 Å². The highest BCUT2D eigenvalue weighted by Crippen LogP contribution is 2.33. The van der Waals surface area contributed by atoms with Gasteiger partial charge in [-0.15, -0.1) is 0 Å². The van der Waals surface area contributed by atoms with Crippen molar-refractivity contribution in [1.29, 1.82) is 0 Å². The number of amides is 3. The molecule has 1 fully saturated rings. The Morgan fingerprint density at radius 1 is 0.971 bits per heavy atom. The Balaban J connectivity index is 1.38. The number of carbonyl (C=O) groups is 3. The summed E-state index contributed by atoms with van der Waals surface area (Å²) in [6, 6.07) is 19.9. The maximum Gasteiger partial charge on any atom is 0.256 e. The fourth-order valence-corrected chi connectivity index (χ4v) is 4.70. The van der Waals surface area contributed by atoms with E-state index in [1.54, 1.807) is 58.3 Å². The lowest BCUT2D eigenvalue weighted by molar-refractivity contribution is -0.122. The van der Waals surface area contributed by atoms with Crippen LogP contribution in [0.5, 0.6) is 0 Å². The number of hydrogen-bond acceptors (Lipinski definition) is 3. The first-order chi connectivity index (χ1) is 16.5. The van der Waals surface area contributed by atoms with Crippen molar-refractivity contribution in [2.75, 3.05) is 11.4 Å². The van der Waals surface area contributed by atoms with Gasteiger partial charge in [0.1, 0.15) is 11.9 Å². The molecule has 0 aromatic heterocycles. The molecule has 2 heterocycles. The second-order valence-corrected chi connectivity index (χ2v) is 8.61. The van der Waals surface area contributed by atoms with E-state index in [1.165, 1.54) is 12.1 Å². The van der Waals surface area contributed by atoms with Crippen LogP contribution >= 0.6 is 0 Å². The summed E-state index contributed by atoms with van der Waals surface area (Å²) in [7, 11) is 0. The van der Waals surface area contributed by atoms with E-state index in [-0.39, 0.29) is 36.6 Å². The van der Waals surface area contributed by atoms with Gasteiger partial charge in [-0.05, 0) is 60.4 Å². The van der Waals surface area contributed by atoms with Crippen molar-refractivity contribution in [2.45, 2.75) is 32.0 Å². The van der Waals surface area contributed by atoms with Gasteiger partial charge in [0.25, 0.3) is 11.8 Å². The fraction of sp³-hybridized carbons (Fsp3) is 0.222. The first-order valence-corrected chi connectivity index (χ1v) is 11.3. The predicted octanol–water partition coefficient (Wildman–Crippen LogP) is 3.91. The van der Waals surface area contributed by atoms with Gasteiger partial charge in [0, 0.05) is 18.7 Å². The van der Waals surface area contributed by atoms with Gasteiger partial charge in [-0.2, -0.15) is 0 Å². The summed E-state index contributed by atoms with van der Waals surface area (Å²) in [5.74, 6) is -0.850. The van der Waals surface area contributed by atoms with E-state index >= 15 is 0 Å². The molecule has 2 aliphatic heterocycles. The quantitative estimate of drug-likeness (QED) is 0.632. The van der Waals surface area contributed by atoms with Crippen molar-refractivity contribution in [1.82, 2.24) is 10.2 Å². The first kappa shape index (κ1) is 21.8. The summed E-state index contributed by atoms with van der Waals surface area (Å²) in [5.41, 5.74) is 3.00. The Morgan fingerprint density at radius 3 is 2.62 bits per heavy atom. The molecule has 0 saturated carbocycles. The monoisotopic (exact) mass is 457 g/mol. The number of nitrogens with one attached hydrogen (secondary N) is 1. The number of fused-ring (bicyclic) bond motifs is 2. The summed E-state index contributed by atoms with van der Waals surface area (Å²) in [4.78, 5) is 42.6. The molecule has 1 N–H and O–H groups in total. The van der Waals surface area contributed by atoms with Crippen LogP contribution in [0.25, 0.3) is 0 Å². The van der Waals surface area contributed by atoms with Crippen LogP contribution in [0.4, 0.5) is 10.1 Å². The zero-order valence-electron chi connectivity index (χ0n) is 18.5. The molecule has 0 bridgehead atoms. The maximum atomic E-state index is 13.5. The first-order valence-electron chi connectivity index (χ1n) is 11.3. The summed E-state index contributed by atoms with van der Waals surface area (Å²) in [6.45, 7) is 1.04. The van der Waals surface area contributed by atoms with Crippen LogP contribution in [-0.4, -0.2) is 35.2 Å². The Kier molecular flexibility index (Phi) is 5.84. The molecule has 2 aliphatic rings. The van der Waals surface area contributed by atoms with Crippen LogP contribution in [0.15, 0.2) is 72.8 Å². The van der Waals surface area contributed by atoms with Crippen molar-refractivity contribution in [3.8, 4) is 0 Å². The van der Waals surface area contributed by atoms with Crippen molar-refractivity contribution in [3.63, 3.8) is 0 Å². The topological polar surface area (TPSA) is 69.7 Å². The molecule has 0 aliphatic carbocycles. The fourth-order valence-electron chi connectivity index (χ4n) is 4.70. The minimum Gasteiger partial charge on any atom is -0.348 e. The third-order valence-corrected chi connectivity index (χ3v) is 6.36. The lowest BCUT2D eigenvalue weighted by atomic mass is 10.1. The van der Waals surface area contributed by atoms with Gasteiger partial charge in [0.2, 0.25) is 5.91 Å². The smallest absolute Gasteiger partial charge is 0.256 e. The molecule has 172 valence electrons. The molecule has 6 nitrogen and oxygen atoms in total. The average Bonchev–Trinajstić information content (AvgIpc) is 3.33. The third kappa shape index (κ3) is 4.17. The number of para-hydroxylation sites is 1. The standard InChI is InChI=1S/C27H24FN3O3/c28-21-9-4-6-18(15-21)16-29-25(32)20-8-3-7-19(14-20)17-31-23-11-2-1-10-22(23)26(33)30-13-5-12-24(30)27(31)34/h1-4,6-11,14-15,24H,5,12-13,16-17H2,(H,29,32)/t24-/m1/s1. The number of benzene rings is 3. The van der Waals surface area contributed by atoms with E-state index in [9.17, 15) is 18.8 Å². The second kappa shape index (κ2) is 9.09. The zero-order chi connectivity index (χ0) is 23.7. The van der Waals surface area contributed by atoms with Crippen LogP contribution in [0, 0.1) is 5.82 Å². The lowest BCUT2D eigenvalue weighted by Crippen LogP contribution is -2.44. The summed E-state index contributed by atoms with van der Waals surface area (Å²) in [6.07, 6.45) is 1.46. The maximum absolute atomic E-state index is 13.5. The van der Waals surface area contributed by atoms with Crippen LogP contribution in [-0.2, 0) is 17.9 Å². The molecule has 3 aromatic rings.